The Kier molecular flexibility index (Phi) is 11.0. The van der Waals surface area contributed by atoms with Crippen LogP contribution in [0.2, 0.25) is 0 Å². The number of likely N-dealkylation sites (tertiary alicyclic amines) is 1. The highest BCUT2D eigenvalue weighted by Gasteiger charge is 2.62. The fourth-order valence-electron chi connectivity index (χ4n) is 6.22. The molecule has 0 radical (unpaired) electrons. The van der Waals surface area contributed by atoms with Crippen molar-refractivity contribution >= 4 is 11.7 Å². The minimum atomic E-state index is -1.32. The summed E-state index contributed by atoms with van der Waals surface area (Å²) in [5.41, 5.74) is 0.476. The van der Waals surface area contributed by atoms with Crippen LogP contribution < -0.4 is 0 Å². The second-order valence-corrected chi connectivity index (χ2v) is 11.8. The van der Waals surface area contributed by atoms with Gasteiger partial charge in [-0.2, -0.15) is 0 Å². The van der Waals surface area contributed by atoms with Gasteiger partial charge in [0.2, 0.25) is 0 Å². The van der Waals surface area contributed by atoms with Gasteiger partial charge in [-0.3, -0.25) is 4.90 Å². The Bertz CT molecular complexity index is 1090. The SMILES string of the molecule is CCCCCCCCCCN1C(=O)OC2(CCN(CCC=C(c3ccc(F)cc3)c3ccc(F)cc3)CC2)C1(C)O. The van der Waals surface area contributed by atoms with E-state index in [4.69, 9.17) is 4.74 Å². The predicted molar refractivity (Wildman–Crippen MR) is 159 cm³/mol. The van der Waals surface area contributed by atoms with Crippen molar-refractivity contribution in [2.75, 3.05) is 26.2 Å². The number of carbonyl (C=O) groups is 1. The molecule has 1 spiro atoms. The van der Waals surface area contributed by atoms with Gasteiger partial charge in [0.05, 0.1) is 0 Å². The topological polar surface area (TPSA) is 53.0 Å². The number of benzene rings is 2. The van der Waals surface area contributed by atoms with Gasteiger partial charge in [0.25, 0.3) is 0 Å². The maximum Gasteiger partial charge on any atom is 0.412 e. The molecule has 1 N–H and O–H groups in total. The molecular formula is C34H46F2N2O3. The first kappa shape index (κ1) is 31.2. The van der Waals surface area contributed by atoms with E-state index in [1.807, 2.05) is 0 Å². The standard InChI is InChI=1S/C34H46F2N2O3/c1-3-4-5-6-7-8-9-10-24-38-32(39)41-34(33(38,2)40)21-25-37(26-22-34)23-11-12-31(27-13-17-29(35)18-14-27)28-15-19-30(36)20-16-28/h12-20,40H,3-11,21-26H2,1-2H3. The predicted octanol–water partition coefficient (Wildman–Crippen LogP) is 7.92. The van der Waals surface area contributed by atoms with Crippen LogP contribution in [0.25, 0.3) is 5.57 Å². The van der Waals surface area contributed by atoms with Crippen LogP contribution >= 0.6 is 0 Å². The zero-order chi connectivity index (χ0) is 29.3. The van der Waals surface area contributed by atoms with E-state index in [0.717, 1.165) is 48.9 Å². The maximum atomic E-state index is 13.5. The van der Waals surface area contributed by atoms with E-state index in [2.05, 4.69) is 17.9 Å². The van der Waals surface area contributed by atoms with E-state index in [9.17, 15) is 18.7 Å². The number of carbonyl (C=O) groups excluding carboxylic acids is 1. The number of halogens is 2. The Morgan fingerprint density at radius 3 is 1.90 bits per heavy atom. The molecule has 7 heteroatoms. The van der Waals surface area contributed by atoms with Gasteiger partial charge < -0.3 is 14.7 Å². The molecule has 2 fully saturated rings. The summed E-state index contributed by atoms with van der Waals surface area (Å²) in [6, 6.07) is 12.7. The van der Waals surface area contributed by atoms with Crippen molar-refractivity contribution < 1.29 is 23.4 Å². The Morgan fingerprint density at radius 1 is 0.854 bits per heavy atom. The number of hydrogen-bond acceptors (Lipinski definition) is 4. The second-order valence-electron chi connectivity index (χ2n) is 11.8. The van der Waals surface area contributed by atoms with Crippen molar-refractivity contribution in [3.8, 4) is 0 Å². The molecule has 2 aromatic rings. The molecule has 2 aliphatic heterocycles. The molecule has 1 amide bonds. The van der Waals surface area contributed by atoms with Crippen molar-refractivity contribution in [1.29, 1.82) is 0 Å². The molecule has 0 bridgehead atoms. The van der Waals surface area contributed by atoms with Crippen molar-refractivity contribution in [1.82, 2.24) is 9.80 Å². The first-order valence-electron chi connectivity index (χ1n) is 15.4. The first-order valence-corrected chi connectivity index (χ1v) is 15.4. The van der Waals surface area contributed by atoms with Crippen LogP contribution in [0.4, 0.5) is 13.6 Å². The fourth-order valence-corrected chi connectivity index (χ4v) is 6.22. The zero-order valence-corrected chi connectivity index (χ0v) is 24.7. The Labute approximate surface area is 244 Å². The number of rotatable bonds is 14. The summed E-state index contributed by atoms with van der Waals surface area (Å²) in [6.07, 6.45) is 13.0. The summed E-state index contributed by atoms with van der Waals surface area (Å²) in [5.74, 6) is -0.594. The van der Waals surface area contributed by atoms with Gasteiger partial charge in [0, 0.05) is 39.0 Å². The minimum absolute atomic E-state index is 0.297. The van der Waals surface area contributed by atoms with Crippen molar-refractivity contribution in [3.63, 3.8) is 0 Å². The highest BCUT2D eigenvalue weighted by atomic mass is 19.1. The van der Waals surface area contributed by atoms with E-state index in [0.29, 0.717) is 32.5 Å². The van der Waals surface area contributed by atoms with Gasteiger partial charge in [0.1, 0.15) is 11.6 Å². The zero-order valence-electron chi connectivity index (χ0n) is 24.7. The lowest BCUT2D eigenvalue weighted by molar-refractivity contribution is -0.165. The molecule has 5 nitrogen and oxygen atoms in total. The van der Waals surface area contributed by atoms with Gasteiger partial charge in [-0.25, -0.2) is 13.6 Å². The van der Waals surface area contributed by atoms with Crippen molar-refractivity contribution in [3.05, 3.63) is 77.4 Å². The van der Waals surface area contributed by atoms with Crippen LogP contribution in [0.15, 0.2) is 54.6 Å². The molecule has 224 valence electrons. The molecule has 1 unspecified atom stereocenters. The van der Waals surface area contributed by atoms with E-state index in [-0.39, 0.29) is 11.6 Å². The summed E-state index contributed by atoms with van der Waals surface area (Å²) >= 11 is 0. The monoisotopic (exact) mass is 568 g/mol. The lowest BCUT2D eigenvalue weighted by atomic mass is 9.82. The van der Waals surface area contributed by atoms with Crippen LogP contribution in [0.3, 0.4) is 0 Å². The number of aliphatic hydroxyl groups is 1. The quantitative estimate of drug-likeness (QED) is 0.235. The highest BCUT2D eigenvalue weighted by Crippen LogP contribution is 2.44. The highest BCUT2D eigenvalue weighted by molar-refractivity contribution is 5.79. The molecule has 2 heterocycles. The third-order valence-electron chi connectivity index (χ3n) is 8.90. The number of nitrogens with zero attached hydrogens (tertiary/aromatic N) is 2. The number of unbranched alkanes of at least 4 members (excludes halogenated alkanes) is 7. The molecule has 2 saturated heterocycles. The van der Waals surface area contributed by atoms with Crippen molar-refractivity contribution in [2.45, 2.75) is 95.8 Å². The first-order chi connectivity index (χ1) is 19.8. The number of hydrogen-bond donors (Lipinski definition) is 1. The number of ether oxygens (including phenoxy) is 1. The molecule has 4 rings (SSSR count). The third kappa shape index (κ3) is 7.75. The molecule has 41 heavy (non-hydrogen) atoms. The van der Waals surface area contributed by atoms with Gasteiger partial charge in [-0.15, -0.1) is 0 Å². The largest absolute Gasteiger partial charge is 0.437 e. The van der Waals surface area contributed by atoms with Gasteiger partial charge >= 0.3 is 6.09 Å². The minimum Gasteiger partial charge on any atom is -0.437 e. The van der Waals surface area contributed by atoms with E-state index in [1.165, 1.54) is 56.4 Å². The summed E-state index contributed by atoms with van der Waals surface area (Å²) < 4.78 is 33.0. The van der Waals surface area contributed by atoms with Crippen LogP contribution in [0, 0.1) is 11.6 Å². The normalized spacial score (nSPS) is 20.4. The van der Waals surface area contributed by atoms with Crippen LogP contribution in [0.5, 0.6) is 0 Å². The lowest BCUT2D eigenvalue weighted by Crippen LogP contribution is -2.60. The number of amides is 1. The summed E-state index contributed by atoms with van der Waals surface area (Å²) in [4.78, 5) is 16.7. The number of piperidine rings is 1. The average molecular weight is 569 g/mol. The van der Waals surface area contributed by atoms with Gasteiger partial charge in [-0.1, -0.05) is 82.2 Å². The molecule has 0 aromatic heterocycles. The molecule has 0 aliphatic carbocycles. The van der Waals surface area contributed by atoms with Crippen LogP contribution in [-0.4, -0.2) is 58.5 Å². The maximum absolute atomic E-state index is 13.5. The average Bonchev–Trinajstić information content (AvgIpc) is 3.14. The van der Waals surface area contributed by atoms with Crippen LogP contribution in [-0.2, 0) is 4.74 Å². The summed E-state index contributed by atoms with van der Waals surface area (Å²) in [5, 5.41) is 11.5. The van der Waals surface area contributed by atoms with Gasteiger partial charge in [0.15, 0.2) is 11.3 Å². The smallest absolute Gasteiger partial charge is 0.412 e. The Morgan fingerprint density at radius 2 is 1.37 bits per heavy atom. The summed E-state index contributed by atoms with van der Waals surface area (Å²) in [7, 11) is 0. The fraction of sp³-hybridized carbons (Fsp3) is 0.559. The van der Waals surface area contributed by atoms with E-state index in [1.54, 1.807) is 36.1 Å². The van der Waals surface area contributed by atoms with Gasteiger partial charge in [-0.05, 0) is 60.7 Å². The molecule has 2 aliphatic rings. The Hall–Kier alpha value is -2.77. The molecule has 2 aromatic carbocycles. The molecule has 1 atom stereocenters. The Balaban J connectivity index is 1.29. The third-order valence-corrected chi connectivity index (χ3v) is 8.90. The molecular weight excluding hydrogens is 522 g/mol. The van der Waals surface area contributed by atoms with Crippen LogP contribution in [0.1, 0.15) is 95.6 Å². The summed E-state index contributed by atoms with van der Waals surface area (Å²) in [6.45, 7) is 6.70. The lowest BCUT2D eigenvalue weighted by Gasteiger charge is -2.45. The second kappa shape index (κ2) is 14.4. The van der Waals surface area contributed by atoms with E-state index < -0.39 is 17.4 Å². The van der Waals surface area contributed by atoms with Crippen molar-refractivity contribution in [2.24, 2.45) is 0 Å². The molecule has 0 saturated carbocycles. The van der Waals surface area contributed by atoms with E-state index >= 15 is 0 Å².